The molecule has 0 bridgehead atoms. The van der Waals surface area contributed by atoms with Gasteiger partial charge < -0.3 is 0 Å². The van der Waals surface area contributed by atoms with E-state index in [4.69, 9.17) is 0 Å². The standard InChI is InChI=1S/C18H19F3N3S2/c1-4-25-26-10-16-12(3)7-11(2)9-24(16)17-22-14-6-5-13(18(19,20)21)8-15(14)23-17/h5-9H,4,10H2,1-3H3,(H,22,23)/q+1. The van der Waals surface area contributed by atoms with Gasteiger partial charge in [0.25, 0.3) is 0 Å². The van der Waals surface area contributed by atoms with E-state index in [-0.39, 0.29) is 0 Å². The predicted molar refractivity (Wildman–Crippen MR) is 102 cm³/mol. The molecule has 1 aromatic carbocycles. The fourth-order valence-corrected chi connectivity index (χ4v) is 4.59. The summed E-state index contributed by atoms with van der Waals surface area (Å²) < 4.78 is 40.8. The van der Waals surface area contributed by atoms with Crippen molar-refractivity contribution in [1.29, 1.82) is 0 Å². The van der Waals surface area contributed by atoms with Crippen LogP contribution < -0.4 is 4.57 Å². The molecule has 26 heavy (non-hydrogen) atoms. The van der Waals surface area contributed by atoms with Crippen LogP contribution in [0.4, 0.5) is 13.2 Å². The summed E-state index contributed by atoms with van der Waals surface area (Å²) in [5.41, 5.74) is 3.49. The summed E-state index contributed by atoms with van der Waals surface area (Å²) in [5.74, 6) is 2.33. The molecule has 0 unspecified atom stereocenters. The molecule has 0 atom stereocenters. The van der Waals surface area contributed by atoms with E-state index in [1.165, 1.54) is 6.07 Å². The molecular formula is C18H19F3N3S2+. The highest BCUT2D eigenvalue weighted by Crippen LogP contribution is 2.31. The second-order valence-electron chi connectivity index (χ2n) is 5.98. The van der Waals surface area contributed by atoms with Crippen LogP contribution in [0.3, 0.4) is 0 Å². The number of benzene rings is 1. The molecule has 2 heterocycles. The van der Waals surface area contributed by atoms with Gasteiger partial charge in [0.05, 0.1) is 23.2 Å². The summed E-state index contributed by atoms with van der Waals surface area (Å²) >= 11 is 0. The Morgan fingerprint density at radius 1 is 1.15 bits per heavy atom. The Morgan fingerprint density at radius 3 is 2.62 bits per heavy atom. The molecule has 3 rings (SSSR count). The third kappa shape index (κ3) is 4.01. The first-order chi connectivity index (χ1) is 12.3. The van der Waals surface area contributed by atoms with Crippen molar-refractivity contribution in [3.63, 3.8) is 0 Å². The van der Waals surface area contributed by atoms with E-state index in [1.54, 1.807) is 21.6 Å². The second-order valence-corrected chi connectivity index (χ2v) is 8.73. The van der Waals surface area contributed by atoms with Gasteiger partial charge in [-0.05, 0) is 43.2 Å². The molecule has 0 aliphatic heterocycles. The largest absolute Gasteiger partial charge is 0.416 e. The average molecular weight is 398 g/mol. The maximum Gasteiger partial charge on any atom is 0.416 e. The monoisotopic (exact) mass is 398 g/mol. The van der Waals surface area contributed by atoms with Crippen LogP contribution in [0.1, 0.15) is 29.3 Å². The number of aromatic nitrogens is 3. The van der Waals surface area contributed by atoms with Gasteiger partial charge in [0.1, 0.15) is 5.52 Å². The van der Waals surface area contributed by atoms with Crippen LogP contribution in [0.2, 0.25) is 0 Å². The maximum absolute atomic E-state index is 12.9. The van der Waals surface area contributed by atoms with Crippen LogP contribution in [0.15, 0.2) is 30.5 Å². The quantitative estimate of drug-likeness (QED) is 0.356. The van der Waals surface area contributed by atoms with Gasteiger partial charge in [-0.2, -0.15) is 13.2 Å². The van der Waals surface area contributed by atoms with Crippen LogP contribution in [-0.2, 0) is 11.9 Å². The molecule has 8 heteroatoms. The zero-order valence-electron chi connectivity index (χ0n) is 14.6. The van der Waals surface area contributed by atoms with Crippen LogP contribution in [0.25, 0.3) is 17.0 Å². The third-order valence-corrected chi connectivity index (χ3v) is 6.30. The van der Waals surface area contributed by atoms with Crippen molar-refractivity contribution in [2.45, 2.75) is 32.7 Å². The molecule has 0 fully saturated rings. The number of nitrogens with zero attached hydrogens (tertiary/aromatic N) is 2. The summed E-state index contributed by atoms with van der Waals surface area (Å²) in [6.45, 7) is 6.14. The molecule has 0 aliphatic rings. The highest BCUT2D eigenvalue weighted by molar-refractivity contribution is 8.76. The molecule has 2 aromatic heterocycles. The first-order valence-corrected chi connectivity index (χ1v) is 10.6. The summed E-state index contributed by atoms with van der Waals surface area (Å²) in [6.07, 6.45) is -2.41. The molecule has 138 valence electrons. The zero-order valence-corrected chi connectivity index (χ0v) is 16.3. The van der Waals surface area contributed by atoms with Gasteiger partial charge in [-0.15, -0.1) is 0 Å². The van der Waals surface area contributed by atoms with Crippen LogP contribution >= 0.6 is 21.6 Å². The fourth-order valence-electron chi connectivity index (χ4n) is 2.77. The number of H-pyrrole nitrogens is 1. The summed E-state index contributed by atoms with van der Waals surface area (Å²) in [7, 11) is 3.53. The lowest BCUT2D eigenvalue weighted by molar-refractivity contribution is -0.611. The number of pyridine rings is 1. The van der Waals surface area contributed by atoms with Crippen molar-refractivity contribution in [3.05, 3.63) is 52.8 Å². The van der Waals surface area contributed by atoms with Crippen molar-refractivity contribution in [3.8, 4) is 5.95 Å². The maximum atomic E-state index is 12.9. The van der Waals surface area contributed by atoms with Gasteiger partial charge in [-0.3, -0.25) is 0 Å². The SMILES string of the molecule is CCSSCc1c(C)cc(C)c[n+]1-c1nc2ccc(C(F)(F)F)cc2[nH]1. The number of aromatic amines is 1. The predicted octanol–water partition coefficient (Wildman–Crippen LogP) is 5.38. The van der Waals surface area contributed by atoms with E-state index in [2.05, 4.69) is 23.0 Å². The van der Waals surface area contributed by atoms with Crippen molar-refractivity contribution in [2.24, 2.45) is 0 Å². The highest BCUT2D eigenvalue weighted by atomic mass is 33.1. The number of nitrogens with one attached hydrogen (secondary N) is 1. The van der Waals surface area contributed by atoms with E-state index in [0.717, 1.165) is 40.5 Å². The van der Waals surface area contributed by atoms with Gasteiger partial charge in [-0.25, -0.2) is 9.55 Å². The molecule has 0 aliphatic carbocycles. The minimum Gasteiger partial charge on any atom is -0.238 e. The minimum absolute atomic E-state index is 0.378. The lowest BCUT2D eigenvalue weighted by Gasteiger charge is -2.09. The number of halogens is 3. The zero-order chi connectivity index (χ0) is 18.9. The first-order valence-electron chi connectivity index (χ1n) is 8.13. The fraction of sp³-hybridized carbons (Fsp3) is 0.333. The lowest BCUT2D eigenvalue weighted by atomic mass is 10.2. The molecule has 1 N–H and O–H groups in total. The average Bonchev–Trinajstić information content (AvgIpc) is 2.98. The third-order valence-electron chi connectivity index (χ3n) is 3.94. The van der Waals surface area contributed by atoms with Crippen molar-refractivity contribution >= 4 is 32.6 Å². The first kappa shape index (κ1) is 19.1. The Bertz CT molecular complexity index is 935. The van der Waals surface area contributed by atoms with E-state index >= 15 is 0 Å². The van der Waals surface area contributed by atoms with Crippen molar-refractivity contribution < 1.29 is 17.7 Å². The topological polar surface area (TPSA) is 32.6 Å². The smallest absolute Gasteiger partial charge is 0.238 e. The van der Waals surface area contributed by atoms with Crippen molar-refractivity contribution in [1.82, 2.24) is 9.97 Å². The highest BCUT2D eigenvalue weighted by Gasteiger charge is 2.31. The Kier molecular flexibility index (Phi) is 5.53. The molecular weight excluding hydrogens is 379 g/mol. The molecule has 3 aromatic rings. The molecule has 0 saturated carbocycles. The van der Waals surface area contributed by atoms with Crippen molar-refractivity contribution in [2.75, 3.05) is 5.75 Å². The van der Waals surface area contributed by atoms with Gasteiger partial charge in [0.2, 0.25) is 0 Å². The molecule has 0 radical (unpaired) electrons. The number of hydrogen-bond donors (Lipinski definition) is 1. The summed E-state index contributed by atoms with van der Waals surface area (Å²) in [6, 6.07) is 5.68. The number of alkyl halides is 3. The summed E-state index contributed by atoms with van der Waals surface area (Å²) in [5, 5.41) is 0. The van der Waals surface area contributed by atoms with Gasteiger partial charge in [0.15, 0.2) is 5.52 Å². The van der Waals surface area contributed by atoms with Crippen LogP contribution in [0, 0.1) is 13.8 Å². The van der Waals surface area contributed by atoms with Gasteiger partial charge >= 0.3 is 12.1 Å². The Balaban J connectivity index is 2.07. The van der Waals surface area contributed by atoms with E-state index in [0.29, 0.717) is 17.0 Å². The molecule has 3 nitrogen and oxygen atoms in total. The van der Waals surface area contributed by atoms with Gasteiger partial charge in [0, 0.05) is 5.75 Å². The van der Waals surface area contributed by atoms with E-state index < -0.39 is 11.7 Å². The molecule has 0 spiro atoms. The number of hydrogen-bond acceptors (Lipinski definition) is 3. The summed E-state index contributed by atoms with van der Waals surface area (Å²) in [4.78, 5) is 7.55. The number of rotatable bonds is 5. The Hall–Kier alpha value is -1.67. The number of imidazole rings is 1. The molecule has 0 amide bonds. The minimum atomic E-state index is -4.37. The van der Waals surface area contributed by atoms with Crippen LogP contribution in [0.5, 0.6) is 0 Å². The van der Waals surface area contributed by atoms with E-state index in [9.17, 15) is 13.2 Å². The van der Waals surface area contributed by atoms with Crippen LogP contribution in [-0.4, -0.2) is 15.7 Å². The number of aryl methyl sites for hydroxylation is 2. The van der Waals surface area contributed by atoms with Gasteiger partial charge in [-0.1, -0.05) is 39.6 Å². The van der Waals surface area contributed by atoms with E-state index in [1.807, 2.05) is 24.6 Å². The Morgan fingerprint density at radius 2 is 1.92 bits per heavy atom. The normalized spacial score (nSPS) is 12.1. The Labute approximate surface area is 157 Å². The number of fused-ring (bicyclic) bond motifs is 1. The second kappa shape index (κ2) is 7.52. The lowest BCUT2D eigenvalue weighted by Crippen LogP contribution is -2.38. The molecule has 0 saturated heterocycles.